The van der Waals surface area contributed by atoms with E-state index in [1.807, 2.05) is 18.7 Å². The van der Waals surface area contributed by atoms with Crippen LogP contribution in [0.3, 0.4) is 0 Å². The van der Waals surface area contributed by atoms with Crippen molar-refractivity contribution in [1.29, 1.82) is 0 Å². The number of hydrogen-bond acceptors (Lipinski definition) is 5. The molecule has 0 spiro atoms. The number of imide groups is 2. The van der Waals surface area contributed by atoms with E-state index in [2.05, 4.69) is 5.32 Å². The summed E-state index contributed by atoms with van der Waals surface area (Å²) in [7, 11) is 0. The largest absolute Gasteiger partial charge is 0.441 e. The summed E-state index contributed by atoms with van der Waals surface area (Å²) in [5.41, 5.74) is -0.251. The summed E-state index contributed by atoms with van der Waals surface area (Å²) in [6.07, 6.45) is 1.27. The first-order chi connectivity index (χ1) is 12.9. The Labute approximate surface area is 155 Å². The van der Waals surface area contributed by atoms with Crippen molar-refractivity contribution >= 4 is 35.5 Å². The zero-order valence-electron chi connectivity index (χ0n) is 14.9. The average molecular weight is 371 g/mol. The number of urea groups is 1. The Kier molecular flexibility index (Phi) is 5.07. The van der Waals surface area contributed by atoms with Crippen LogP contribution in [0.25, 0.3) is 6.08 Å². The van der Waals surface area contributed by atoms with Gasteiger partial charge in [0.05, 0.1) is 5.69 Å². The molecule has 1 aromatic heterocycles. The van der Waals surface area contributed by atoms with Crippen LogP contribution in [-0.4, -0.2) is 30.9 Å². The maximum absolute atomic E-state index is 13.5. The molecule has 1 aliphatic rings. The van der Waals surface area contributed by atoms with Gasteiger partial charge < -0.3 is 9.32 Å². The number of anilines is 2. The van der Waals surface area contributed by atoms with Gasteiger partial charge in [0, 0.05) is 19.2 Å². The molecule has 1 saturated heterocycles. The van der Waals surface area contributed by atoms with Crippen molar-refractivity contribution in [2.75, 3.05) is 22.9 Å². The van der Waals surface area contributed by atoms with Crippen LogP contribution in [0.2, 0.25) is 0 Å². The highest BCUT2D eigenvalue weighted by Crippen LogP contribution is 2.24. The van der Waals surface area contributed by atoms with Gasteiger partial charge in [0.1, 0.15) is 17.2 Å². The first-order valence-electron chi connectivity index (χ1n) is 8.46. The highest BCUT2D eigenvalue weighted by molar-refractivity contribution is 6.39. The van der Waals surface area contributed by atoms with Crippen molar-refractivity contribution in [2.45, 2.75) is 13.8 Å². The Bertz CT molecular complexity index is 931. The van der Waals surface area contributed by atoms with Crippen LogP contribution in [-0.2, 0) is 9.59 Å². The van der Waals surface area contributed by atoms with E-state index in [-0.39, 0.29) is 11.3 Å². The number of amides is 4. The molecule has 1 fully saturated rings. The minimum atomic E-state index is -0.934. The number of halogens is 1. The van der Waals surface area contributed by atoms with Gasteiger partial charge in [-0.05, 0) is 44.2 Å². The fourth-order valence-corrected chi connectivity index (χ4v) is 2.77. The number of rotatable bonds is 5. The molecule has 1 N–H and O–H groups in total. The Morgan fingerprint density at radius 1 is 1.15 bits per heavy atom. The second-order valence-electron chi connectivity index (χ2n) is 5.79. The number of hydrogen-bond donors (Lipinski definition) is 1. The predicted molar refractivity (Wildman–Crippen MR) is 97.7 cm³/mol. The van der Waals surface area contributed by atoms with Gasteiger partial charge in [-0.1, -0.05) is 6.07 Å². The second kappa shape index (κ2) is 7.45. The van der Waals surface area contributed by atoms with E-state index in [4.69, 9.17) is 4.42 Å². The summed E-state index contributed by atoms with van der Waals surface area (Å²) in [6.45, 7) is 5.43. The standard InChI is InChI=1S/C19H18FN3O4/c1-3-22(4-2)16-9-8-14(27-16)11-15-17(24)21-19(26)23(18(15)25)13-7-5-6-12(20)10-13/h5-11H,3-4H2,1-2H3,(H,21,24,26)/b15-11+. The maximum Gasteiger partial charge on any atom is 0.335 e. The number of benzene rings is 1. The third-order valence-corrected chi connectivity index (χ3v) is 4.14. The normalized spacial score (nSPS) is 16.0. The molecular formula is C19H18FN3O4. The van der Waals surface area contributed by atoms with Crippen LogP contribution < -0.4 is 15.1 Å². The molecule has 0 unspecified atom stereocenters. The molecule has 0 bridgehead atoms. The molecule has 0 radical (unpaired) electrons. The Balaban J connectivity index is 1.95. The third kappa shape index (κ3) is 3.59. The molecule has 8 heteroatoms. The smallest absolute Gasteiger partial charge is 0.335 e. The molecule has 1 aliphatic heterocycles. The summed E-state index contributed by atoms with van der Waals surface area (Å²) < 4.78 is 19.1. The zero-order chi connectivity index (χ0) is 19.6. The molecule has 7 nitrogen and oxygen atoms in total. The van der Waals surface area contributed by atoms with Crippen LogP contribution in [0.1, 0.15) is 19.6 Å². The fourth-order valence-electron chi connectivity index (χ4n) is 2.77. The van der Waals surface area contributed by atoms with Gasteiger partial charge in [0.2, 0.25) is 0 Å². The summed E-state index contributed by atoms with van der Waals surface area (Å²) >= 11 is 0. The van der Waals surface area contributed by atoms with E-state index in [0.29, 0.717) is 16.5 Å². The SMILES string of the molecule is CCN(CC)c1ccc(/C=C2\C(=O)NC(=O)N(c3cccc(F)c3)C2=O)o1. The summed E-state index contributed by atoms with van der Waals surface area (Å²) in [5.74, 6) is -1.39. The molecule has 1 aromatic carbocycles. The molecule has 140 valence electrons. The zero-order valence-corrected chi connectivity index (χ0v) is 14.9. The van der Waals surface area contributed by atoms with Gasteiger partial charge in [-0.15, -0.1) is 0 Å². The van der Waals surface area contributed by atoms with Crippen LogP contribution in [0.5, 0.6) is 0 Å². The van der Waals surface area contributed by atoms with Gasteiger partial charge >= 0.3 is 6.03 Å². The monoisotopic (exact) mass is 371 g/mol. The van der Waals surface area contributed by atoms with Crippen LogP contribution >= 0.6 is 0 Å². The van der Waals surface area contributed by atoms with E-state index >= 15 is 0 Å². The van der Waals surface area contributed by atoms with Gasteiger partial charge in [-0.3, -0.25) is 14.9 Å². The molecule has 0 atom stereocenters. The van der Waals surface area contributed by atoms with Gasteiger partial charge in [-0.25, -0.2) is 14.1 Å². The van der Waals surface area contributed by atoms with E-state index in [0.717, 1.165) is 19.2 Å². The molecule has 27 heavy (non-hydrogen) atoms. The fraction of sp³-hybridized carbons (Fsp3) is 0.211. The third-order valence-electron chi connectivity index (χ3n) is 4.14. The van der Waals surface area contributed by atoms with Crippen molar-refractivity contribution in [1.82, 2.24) is 5.32 Å². The first-order valence-corrected chi connectivity index (χ1v) is 8.46. The first kappa shape index (κ1) is 18.4. The predicted octanol–water partition coefficient (Wildman–Crippen LogP) is 2.93. The summed E-state index contributed by atoms with van der Waals surface area (Å²) in [5, 5.41) is 2.08. The number of furan rings is 1. The number of carbonyl (C=O) groups excluding carboxylic acids is 3. The molecule has 2 aromatic rings. The molecule has 0 aliphatic carbocycles. The van der Waals surface area contributed by atoms with Crippen LogP contribution in [0.4, 0.5) is 20.8 Å². The highest BCUT2D eigenvalue weighted by Gasteiger charge is 2.37. The maximum atomic E-state index is 13.5. The van der Waals surface area contributed by atoms with Gasteiger partial charge in [0.15, 0.2) is 5.88 Å². The quantitative estimate of drug-likeness (QED) is 0.645. The number of nitrogens with zero attached hydrogens (tertiary/aromatic N) is 2. The second-order valence-corrected chi connectivity index (χ2v) is 5.79. The lowest BCUT2D eigenvalue weighted by molar-refractivity contribution is -0.122. The van der Waals surface area contributed by atoms with E-state index < -0.39 is 23.7 Å². The van der Waals surface area contributed by atoms with Gasteiger partial charge in [-0.2, -0.15) is 0 Å². The molecular weight excluding hydrogens is 353 g/mol. The summed E-state index contributed by atoms with van der Waals surface area (Å²) in [4.78, 5) is 39.6. The van der Waals surface area contributed by atoms with Crippen molar-refractivity contribution in [3.05, 3.63) is 53.5 Å². The lowest BCUT2D eigenvalue weighted by Gasteiger charge is -2.26. The lowest BCUT2D eigenvalue weighted by Crippen LogP contribution is -2.54. The summed E-state index contributed by atoms with van der Waals surface area (Å²) in [6, 6.07) is 7.43. The van der Waals surface area contributed by atoms with Crippen molar-refractivity contribution in [3.63, 3.8) is 0 Å². The number of barbiturate groups is 1. The van der Waals surface area contributed by atoms with E-state index in [1.165, 1.54) is 24.3 Å². The molecule has 2 heterocycles. The van der Waals surface area contributed by atoms with Crippen LogP contribution in [0.15, 0.2) is 46.4 Å². The molecule has 4 amide bonds. The van der Waals surface area contributed by atoms with Gasteiger partial charge in [0.25, 0.3) is 11.8 Å². The topological polar surface area (TPSA) is 82.9 Å². The lowest BCUT2D eigenvalue weighted by atomic mass is 10.1. The Morgan fingerprint density at radius 3 is 2.56 bits per heavy atom. The Morgan fingerprint density at radius 2 is 1.89 bits per heavy atom. The Hall–Kier alpha value is -3.42. The van der Waals surface area contributed by atoms with Crippen molar-refractivity contribution in [3.8, 4) is 0 Å². The number of nitrogens with one attached hydrogen (secondary N) is 1. The number of carbonyl (C=O) groups is 3. The average Bonchev–Trinajstić information content (AvgIpc) is 3.08. The van der Waals surface area contributed by atoms with E-state index in [1.54, 1.807) is 12.1 Å². The minimum Gasteiger partial charge on any atom is -0.441 e. The highest BCUT2D eigenvalue weighted by atomic mass is 19.1. The van der Waals surface area contributed by atoms with E-state index in [9.17, 15) is 18.8 Å². The van der Waals surface area contributed by atoms with Crippen molar-refractivity contribution < 1.29 is 23.2 Å². The minimum absolute atomic E-state index is 0.0270. The molecule has 3 rings (SSSR count). The molecule has 0 saturated carbocycles. The van der Waals surface area contributed by atoms with Crippen LogP contribution in [0, 0.1) is 5.82 Å². The van der Waals surface area contributed by atoms with Crippen molar-refractivity contribution in [2.24, 2.45) is 0 Å².